The topological polar surface area (TPSA) is 76.7 Å². The molecule has 2 aromatic rings. The van der Waals surface area contributed by atoms with Gasteiger partial charge in [-0.05, 0) is 54.3 Å². The summed E-state index contributed by atoms with van der Waals surface area (Å²) in [6, 6.07) is 11.1. The zero-order chi connectivity index (χ0) is 21.6. The van der Waals surface area contributed by atoms with Crippen molar-refractivity contribution >= 4 is 43.7 Å². The number of nitrogens with one attached hydrogen (secondary N) is 2. The van der Waals surface area contributed by atoms with Crippen molar-refractivity contribution in [3.05, 3.63) is 56.5 Å². The van der Waals surface area contributed by atoms with E-state index in [1.165, 1.54) is 0 Å². The zero-order valence-electron chi connectivity index (χ0n) is 16.8. The van der Waals surface area contributed by atoms with Crippen molar-refractivity contribution in [3.63, 3.8) is 0 Å². The number of ether oxygens (including phenoxy) is 2. The lowest BCUT2D eigenvalue weighted by Gasteiger charge is -2.23. The van der Waals surface area contributed by atoms with Crippen molar-refractivity contribution in [2.45, 2.75) is 33.1 Å². The molecule has 0 radical (unpaired) electrons. The van der Waals surface area contributed by atoms with Crippen LogP contribution in [-0.2, 0) is 15.0 Å². The van der Waals surface area contributed by atoms with Crippen LogP contribution >= 0.6 is 31.9 Å². The first-order valence-electron chi connectivity index (χ1n) is 8.95. The average Bonchev–Trinajstić information content (AvgIpc) is 2.63. The van der Waals surface area contributed by atoms with Gasteiger partial charge in [-0.1, -0.05) is 52.6 Å². The molecule has 0 unspecified atom stereocenters. The maximum atomic E-state index is 12.0. The van der Waals surface area contributed by atoms with E-state index >= 15 is 0 Å². The summed E-state index contributed by atoms with van der Waals surface area (Å²) in [5.41, 5.74) is 6.36. The molecule has 29 heavy (non-hydrogen) atoms. The van der Waals surface area contributed by atoms with E-state index in [-0.39, 0.29) is 18.6 Å². The summed E-state index contributed by atoms with van der Waals surface area (Å²) in [6.07, 6.45) is 0. The van der Waals surface area contributed by atoms with Gasteiger partial charge in [0.2, 0.25) is 0 Å². The van der Waals surface area contributed by atoms with E-state index in [0.717, 1.165) is 20.1 Å². The molecule has 2 rings (SSSR count). The number of benzene rings is 2. The Kier molecular flexibility index (Phi) is 8.10. The summed E-state index contributed by atoms with van der Waals surface area (Å²) in [7, 11) is 0. The lowest BCUT2D eigenvalue weighted by Crippen LogP contribution is -2.45. The summed E-state index contributed by atoms with van der Waals surface area (Å²) in [5, 5.41) is 0. The van der Waals surface area contributed by atoms with Gasteiger partial charge in [-0.15, -0.1) is 0 Å². The molecular formula is C21H24Br2N2O4. The fourth-order valence-electron chi connectivity index (χ4n) is 2.49. The van der Waals surface area contributed by atoms with Crippen LogP contribution in [0.1, 0.15) is 31.9 Å². The first-order chi connectivity index (χ1) is 13.6. The molecule has 0 bridgehead atoms. The second-order valence-corrected chi connectivity index (χ2v) is 9.31. The van der Waals surface area contributed by atoms with E-state index < -0.39 is 11.8 Å². The molecule has 0 heterocycles. The van der Waals surface area contributed by atoms with Gasteiger partial charge in [0.25, 0.3) is 11.8 Å². The first kappa shape index (κ1) is 23.2. The van der Waals surface area contributed by atoms with Crippen LogP contribution in [0, 0.1) is 6.92 Å². The number of aryl methyl sites for hydroxylation is 1. The van der Waals surface area contributed by atoms with Crippen LogP contribution in [0.3, 0.4) is 0 Å². The van der Waals surface area contributed by atoms with Crippen molar-refractivity contribution < 1.29 is 19.1 Å². The molecule has 0 atom stereocenters. The monoisotopic (exact) mass is 526 g/mol. The number of carbonyl (C=O) groups excluding carboxylic acids is 2. The highest BCUT2D eigenvalue weighted by Gasteiger charge is 2.20. The summed E-state index contributed by atoms with van der Waals surface area (Å²) < 4.78 is 13.0. The minimum absolute atomic E-state index is 0.147. The van der Waals surface area contributed by atoms with Gasteiger partial charge in [0, 0.05) is 14.5 Å². The minimum Gasteiger partial charge on any atom is -0.483 e. The highest BCUT2D eigenvalue weighted by atomic mass is 79.9. The number of halogens is 2. The fourth-order valence-corrected chi connectivity index (χ4v) is 3.32. The Morgan fingerprint density at radius 3 is 1.86 bits per heavy atom. The Balaban J connectivity index is 1.81. The maximum absolute atomic E-state index is 12.0. The van der Waals surface area contributed by atoms with E-state index in [9.17, 15) is 9.59 Å². The summed E-state index contributed by atoms with van der Waals surface area (Å²) in [5.74, 6) is 0.278. The molecule has 0 saturated carbocycles. The SMILES string of the molecule is Cc1cc(Br)ccc1OCC(=O)NNC(=O)COc1ccc(Br)cc1C(C)(C)C. The van der Waals surface area contributed by atoms with E-state index in [0.29, 0.717) is 11.5 Å². The molecule has 8 heteroatoms. The highest BCUT2D eigenvalue weighted by molar-refractivity contribution is 9.10. The first-order valence-corrected chi connectivity index (χ1v) is 10.5. The molecule has 2 amide bonds. The van der Waals surface area contributed by atoms with Gasteiger partial charge in [0.05, 0.1) is 0 Å². The quantitative estimate of drug-likeness (QED) is 0.545. The van der Waals surface area contributed by atoms with Gasteiger partial charge < -0.3 is 9.47 Å². The van der Waals surface area contributed by atoms with Crippen LogP contribution in [0.25, 0.3) is 0 Å². The summed E-state index contributed by atoms with van der Waals surface area (Å²) in [4.78, 5) is 23.9. The number of rotatable bonds is 6. The van der Waals surface area contributed by atoms with Gasteiger partial charge in [0.1, 0.15) is 11.5 Å². The van der Waals surface area contributed by atoms with Crippen LogP contribution in [0.4, 0.5) is 0 Å². The molecule has 0 aliphatic carbocycles. The molecule has 6 nitrogen and oxygen atoms in total. The Morgan fingerprint density at radius 1 is 0.862 bits per heavy atom. The van der Waals surface area contributed by atoms with E-state index in [2.05, 4.69) is 63.5 Å². The Bertz CT molecular complexity index is 895. The smallest absolute Gasteiger partial charge is 0.276 e. The van der Waals surface area contributed by atoms with Crippen molar-refractivity contribution in [2.75, 3.05) is 13.2 Å². The van der Waals surface area contributed by atoms with E-state index in [1.807, 2.05) is 37.3 Å². The van der Waals surface area contributed by atoms with Crippen molar-refractivity contribution in [2.24, 2.45) is 0 Å². The highest BCUT2D eigenvalue weighted by Crippen LogP contribution is 2.33. The summed E-state index contributed by atoms with van der Waals surface area (Å²) >= 11 is 6.82. The van der Waals surface area contributed by atoms with Gasteiger partial charge in [-0.2, -0.15) is 0 Å². The van der Waals surface area contributed by atoms with Crippen LogP contribution in [0.15, 0.2) is 45.3 Å². The second kappa shape index (κ2) is 10.1. The standard InChI is InChI=1S/C21H24Br2N2O4/c1-13-9-14(22)5-7-17(13)28-11-19(26)24-25-20(27)12-29-18-8-6-15(23)10-16(18)21(2,3)4/h5-10H,11-12H2,1-4H3,(H,24,26)(H,25,27). The predicted octanol–water partition coefficient (Wildman–Crippen LogP) is 4.42. The van der Waals surface area contributed by atoms with Crippen LogP contribution in [0.5, 0.6) is 11.5 Å². The predicted molar refractivity (Wildman–Crippen MR) is 119 cm³/mol. The Hall–Kier alpha value is -2.06. The minimum atomic E-state index is -0.473. The Labute approximate surface area is 187 Å². The van der Waals surface area contributed by atoms with Crippen molar-refractivity contribution in [1.82, 2.24) is 10.9 Å². The third-order valence-corrected chi connectivity index (χ3v) is 4.93. The van der Waals surface area contributed by atoms with Crippen molar-refractivity contribution in [1.29, 1.82) is 0 Å². The molecule has 0 aliphatic rings. The van der Waals surface area contributed by atoms with E-state index in [4.69, 9.17) is 9.47 Å². The van der Waals surface area contributed by atoms with Crippen LogP contribution < -0.4 is 20.3 Å². The number of hydrogen-bond acceptors (Lipinski definition) is 4. The lowest BCUT2D eigenvalue weighted by molar-refractivity contribution is -0.131. The van der Waals surface area contributed by atoms with Gasteiger partial charge in [0.15, 0.2) is 13.2 Å². The normalized spacial score (nSPS) is 11.0. The number of hydrazine groups is 1. The molecule has 0 saturated heterocycles. The average molecular weight is 528 g/mol. The lowest BCUT2D eigenvalue weighted by atomic mass is 9.86. The third kappa shape index (κ3) is 7.36. The Morgan fingerprint density at radius 2 is 1.34 bits per heavy atom. The molecule has 0 aliphatic heterocycles. The molecule has 0 spiro atoms. The van der Waals surface area contributed by atoms with Crippen LogP contribution in [-0.4, -0.2) is 25.0 Å². The largest absolute Gasteiger partial charge is 0.483 e. The van der Waals surface area contributed by atoms with Gasteiger partial charge >= 0.3 is 0 Å². The van der Waals surface area contributed by atoms with Crippen LogP contribution in [0.2, 0.25) is 0 Å². The fraction of sp³-hybridized carbons (Fsp3) is 0.333. The molecule has 156 valence electrons. The third-order valence-electron chi connectivity index (χ3n) is 3.95. The molecule has 0 aromatic heterocycles. The maximum Gasteiger partial charge on any atom is 0.276 e. The van der Waals surface area contributed by atoms with Gasteiger partial charge in [-0.25, -0.2) is 0 Å². The number of amides is 2. The summed E-state index contributed by atoms with van der Waals surface area (Å²) in [6.45, 7) is 7.63. The zero-order valence-corrected chi connectivity index (χ0v) is 19.9. The number of carbonyl (C=O) groups is 2. The molecule has 2 aromatic carbocycles. The molecular weight excluding hydrogens is 504 g/mol. The second-order valence-electron chi connectivity index (χ2n) is 7.47. The van der Waals surface area contributed by atoms with Gasteiger partial charge in [-0.3, -0.25) is 20.4 Å². The van der Waals surface area contributed by atoms with E-state index in [1.54, 1.807) is 6.07 Å². The molecule has 0 fully saturated rings. The molecule has 2 N–H and O–H groups in total. The number of hydrogen-bond donors (Lipinski definition) is 2. The van der Waals surface area contributed by atoms with Crippen molar-refractivity contribution in [3.8, 4) is 11.5 Å².